The van der Waals surface area contributed by atoms with Crippen LogP contribution in [0.2, 0.25) is 0 Å². The van der Waals surface area contributed by atoms with Crippen molar-refractivity contribution in [3.8, 4) is 5.75 Å². The molecule has 4 rings (SSSR count). The average Bonchev–Trinajstić information content (AvgIpc) is 3.56. The third kappa shape index (κ3) is 6.13. The largest absolute Gasteiger partial charge is 0.573 e. The Labute approximate surface area is 179 Å². The normalized spacial score (nSPS) is 17.9. The molecule has 0 atom stereocenters. The molecule has 0 spiro atoms. The summed E-state index contributed by atoms with van der Waals surface area (Å²) in [6, 6.07) is 15.8. The van der Waals surface area contributed by atoms with E-state index in [1.807, 2.05) is 23.1 Å². The highest BCUT2D eigenvalue weighted by Gasteiger charge is 2.38. The van der Waals surface area contributed by atoms with Crippen LogP contribution in [0, 0.1) is 0 Å². The fourth-order valence-corrected chi connectivity index (χ4v) is 4.11. The quantitative estimate of drug-likeness (QED) is 0.677. The smallest absolute Gasteiger partial charge is 0.406 e. The third-order valence-corrected chi connectivity index (χ3v) is 5.71. The van der Waals surface area contributed by atoms with Gasteiger partial charge in [-0.15, -0.1) is 13.2 Å². The van der Waals surface area contributed by atoms with Crippen LogP contribution in [0.4, 0.5) is 23.7 Å². The zero-order valence-corrected chi connectivity index (χ0v) is 17.1. The molecule has 1 aliphatic carbocycles. The van der Waals surface area contributed by atoms with Crippen LogP contribution in [0.15, 0.2) is 54.6 Å². The maximum atomic E-state index is 13.0. The number of carbonyl (C=O) groups is 1. The number of nitrogens with one attached hydrogen (secondary N) is 1. The van der Waals surface area contributed by atoms with Gasteiger partial charge in [0.1, 0.15) is 5.75 Å². The number of nitrogens with zero attached hydrogens (tertiary/aromatic N) is 2. The van der Waals surface area contributed by atoms with Crippen LogP contribution in [-0.4, -0.2) is 47.4 Å². The molecule has 166 valence electrons. The molecule has 5 nitrogen and oxygen atoms in total. The Bertz CT molecular complexity index is 862. The van der Waals surface area contributed by atoms with Crippen LogP contribution in [0.3, 0.4) is 0 Å². The van der Waals surface area contributed by atoms with Crippen molar-refractivity contribution in [2.75, 3.05) is 18.4 Å². The number of ether oxygens (including phenoxy) is 1. The molecule has 1 heterocycles. The summed E-state index contributed by atoms with van der Waals surface area (Å²) in [6.45, 7) is 2.77. The summed E-state index contributed by atoms with van der Waals surface area (Å²) in [6.07, 6.45) is -0.917. The number of carbonyl (C=O) groups excluding carboxylic acids is 1. The van der Waals surface area contributed by atoms with Crippen LogP contribution in [-0.2, 0) is 6.54 Å². The van der Waals surface area contributed by atoms with Crippen molar-refractivity contribution in [1.82, 2.24) is 9.80 Å². The molecule has 1 aliphatic heterocycles. The van der Waals surface area contributed by atoms with Gasteiger partial charge >= 0.3 is 12.4 Å². The topological polar surface area (TPSA) is 44.8 Å². The van der Waals surface area contributed by atoms with Gasteiger partial charge in [-0.1, -0.05) is 30.3 Å². The summed E-state index contributed by atoms with van der Waals surface area (Å²) in [5.41, 5.74) is 1.74. The van der Waals surface area contributed by atoms with Crippen molar-refractivity contribution >= 4 is 11.7 Å². The van der Waals surface area contributed by atoms with E-state index in [0.717, 1.165) is 45.3 Å². The number of anilines is 1. The lowest BCUT2D eigenvalue weighted by Crippen LogP contribution is -2.49. The van der Waals surface area contributed by atoms with E-state index in [0.29, 0.717) is 5.69 Å². The van der Waals surface area contributed by atoms with E-state index in [4.69, 9.17) is 0 Å². The zero-order chi connectivity index (χ0) is 21.8. The maximum absolute atomic E-state index is 13.0. The Hall–Kier alpha value is -2.74. The van der Waals surface area contributed by atoms with Crippen LogP contribution in [0.5, 0.6) is 5.75 Å². The predicted molar refractivity (Wildman–Crippen MR) is 112 cm³/mol. The van der Waals surface area contributed by atoms with Crippen molar-refractivity contribution in [2.24, 2.45) is 0 Å². The van der Waals surface area contributed by atoms with Crippen LogP contribution < -0.4 is 10.1 Å². The first kappa shape index (κ1) is 21.5. The first-order valence-electron chi connectivity index (χ1n) is 10.6. The first-order chi connectivity index (χ1) is 14.9. The predicted octanol–water partition coefficient (Wildman–Crippen LogP) is 5.25. The molecular weight excluding hydrogens is 407 g/mol. The number of amides is 2. The highest BCUT2D eigenvalue weighted by Crippen LogP contribution is 2.33. The second-order valence-corrected chi connectivity index (χ2v) is 8.13. The molecule has 31 heavy (non-hydrogen) atoms. The zero-order valence-electron chi connectivity index (χ0n) is 17.1. The number of urea groups is 1. The van der Waals surface area contributed by atoms with Gasteiger partial charge in [-0.05, 0) is 55.5 Å². The number of likely N-dealkylation sites (tertiary alicyclic amines) is 1. The van der Waals surface area contributed by atoms with Gasteiger partial charge in [-0.3, -0.25) is 4.90 Å². The lowest BCUT2D eigenvalue weighted by molar-refractivity contribution is -0.274. The fourth-order valence-electron chi connectivity index (χ4n) is 4.11. The van der Waals surface area contributed by atoms with E-state index in [2.05, 4.69) is 27.1 Å². The molecule has 2 aromatic carbocycles. The Kier molecular flexibility index (Phi) is 6.36. The van der Waals surface area contributed by atoms with E-state index in [-0.39, 0.29) is 23.9 Å². The van der Waals surface area contributed by atoms with Crippen molar-refractivity contribution in [3.05, 3.63) is 60.2 Å². The van der Waals surface area contributed by atoms with Gasteiger partial charge in [0.05, 0.1) is 0 Å². The molecule has 0 aromatic heterocycles. The fraction of sp³-hybridized carbons (Fsp3) is 0.435. The summed E-state index contributed by atoms with van der Waals surface area (Å²) in [4.78, 5) is 17.3. The molecule has 2 aromatic rings. The lowest BCUT2D eigenvalue weighted by atomic mass is 10.0. The third-order valence-electron chi connectivity index (χ3n) is 5.71. The monoisotopic (exact) mass is 433 g/mol. The van der Waals surface area contributed by atoms with Gasteiger partial charge in [0.25, 0.3) is 0 Å². The van der Waals surface area contributed by atoms with Crippen molar-refractivity contribution in [3.63, 3.8) is 0 Å². The standard InChI is InChI=1S/C23H26F3N3O2/c24-23(25,26)31-21-10-6-18(7-11-21)27-22(30)29(19-8-9-19)20-12-14-28(15-13-20)16-17-4-2-1-3-5-17/h1-7,10-11,19-20H,8-9,12-16H2,(H,27,30). The molecular formula is C23H26F3N3O2. The van der Waals surface area contributed by atoms with E-state index < -0.39 is 6.36 Å². The van der Waals surface area contributed by atoms with E-state index in [1.54, 1.807) is 0 Å². The van der Waals surface area contributed by atoms with Gasteiger partial charge < -0.3 is 15.0 Å². The average molecular weight is 433 g/mol. The number of hydrogen-bond acceptors (Lipinski definition) is 3. The van der Waals surface area contributed by atoms with Crippen molar-refractivity contribution in [1.29, 1.82) is 0 Å². The van der Waals surface area contributed by atoms with Crippen LogP contribution in [0.25, 0.3) is 0 Å². The minimum atomic E-state index is -4.73. The summed E-state index contributed by atoms with van der Waals surface area (Å²) < 4.78 is 40.8. The number of hydrogen-bond donors (Lipinski definition) is 1. The number of rotatable bonds is 6. The summed E-state index contributed by atoms with van der Waals surface area (Å²) in [5.74, 6) is -0.310. The Morgan fingerprint density at radius 1 is 0.968 bits per heavy atom. The minimum absolute atomic E-state index is 0.173. The van der Waals surface area contributed by atoms with Crippen molar-refractivity contribution in [2.45, 2.75) is 50.7 Å². The lowest BCUT2D eigenvalue weighted by Gasteiger charge is -2.38. The first-order valence-corrected chi connectivity index (χ1v) is 10.6. The molecule has 2 fully saturated rings. The minimum Gasteiger partial charge on any atom is -0.406 e. The van der Waals surface area contributed by atoms with E-state index in [1.165, 1.54) is 29.8 Å². The Morgan fingerprint density at radius 2 is 1.58 bits per heavy atom. The summed E-state index contributed by atoms with van der Waals surface area (Å²) in [5, 5.41) is 2.84. The molecule has 1 saturated carbocycles. The molecule has 8 heteroatoms. The second kappa shape index (κ2) is 9.18. The van der Waals surface area contributed by atoms with Gasteiger partial charge in [-0.25, -0.2) is 4.79 Å². The molecule has 0 bridgehead atoms. The Balaban J connectivity index is 1.32. The van der Waals surface area contributed by atoms with Gasteiger partial charge in [0, 0.05) is 37.4 Å². The number of benzene rings is 2. The summed E-state index contributed by atoms with van der Waals surface area (Å²) in [7, 11) is 0. The summed E-state index contributed by atoms with van der Waals surface area (Å²) >= 11 is 0. The highest BCUT2D eigenvalue weighted by atomic mass is 19.4. The van der Waals surface area contributed by atoms with Gasteiger partial charge in [0.15, 0.2) is 0 Å². The number of piperidine rings is 1. The highest BCUT2D eigenvalue weighted by molar-refractivity contribution is 5.90. The molecule has 0 radical (unpaired) electrons. The molecule has 1 N–H and O–H groups in total. The van der Waals surface area contributed by atoms with Crippen molar-refractivity contribution < 1.29 is 22.7 Å². The van der Waals surface area contributed by atoms with Gasteiger partial charge in [0.2, 0.25) is 0 Å². The number of alkyl halides is 3. The van der Waals surface area contributed by atoms with Crippen LogP contribution in [0.1, 0.15) is 31.2 Å². The van der Waals surface area contributed by atoms with Crippen LogP contribution >= 0.6 is 0 Å². The maximum Gasteiger partial charge on any atom is 0.573 e. The second-order valence-electron chi connectivity index (χ2n) is 8.13. The molecule has 2 amide bonds. The molecule has 0 unspecified atom stereocenters. The Morgan fingerprint density at radius 3 is 2.16 bits per heavy atom. The van der Waals surface area contributed by atoms with Gasteiger partial charge in [-0.2, -0.15) is 0 Å². The number of halogens is 3. The van der Waals surface area contributed by atoms with E-state index in [9.17, 15) is 18.0 Å². The molecule has 2 aliphatic rings. The SMILES string of the molecule is O=C(Nc1ccc(OC(F)(F)F)cc1)N(C1CC1)C1CCN(Cc2ccccc2)CC1. The molecule has 1 saturated heterocycles. The van der Waals surface area contributed by atoms with E-state index >= 15 is 0 Å².